The molecule has 0 aliphatic rings. The predicted molar refractivity (Wildman–Crippen MR) is 48.5 cm³/mol. The van der Waals surface area contributed by atoms with Crippen molar-refractivity contribution in [2.75, 3.05) is 14.2 Å². The minimum Gasteiger partial charge on any atom is -0.504 e. The Morgan fingerprint density at radius 3 is 2.42 bits per heavy atom. The Kier molecular flexibility index (Phi) is 2.70. The lowest BCUT2D eigenvalue weighted by atomic mass is 10.3. The second-order valence-corrected chi connectivity index (χ2v) is 2.72. The number of hydrogen-bond acceptors (Lipinski definition) is 4. The highest BCUT2D eigenvalue weighted by Gasteiger charge is 2.09. The fraction of sp³-hybridized carbons (Fsp3) is 0.250. The molecule has 0 heterocycles. The van der Waals surface area contributed by atoms with E-state index in [2.05, 4.69) is 12.6 Å². The number of methoxy groups -OCH3 is 2. The Morgan fingerprint density at radius 1 is 1.25 bits per heavy atom. The molecular weight excluding hydrogens is 176 g/mol. The van der Waals surface area contributed by atoms with Crippen molar-refractivity contribution in [3.63, 3.8) is 0 Å². The average Bonchev–Trinajstić information content (AvgIpc) is 2.03. The topological polar surface area (TPSA) is 38.7 Å². The monoisotopic (exact) mass is 186 g/mol. The fourth-order valence-corrected chi connectivity index (χ4v) is 1.17. The van der Waals surface area contributed by atoms with Crippen molar-refractivity contribution in [1.82, 2.24) is 0 Å². The zero-order chi connectivity index (χ0) is 9.14. The van der Waals surface area contributed by atoms with Crippen molar-refractivity contribution < 1.29 is 14.6 Å². The predicted octanol–water partition coefficient (Wildman–Crippen LogP) is 1.70. The van der Waals surface area contributed by atoms with Crippen LogP contribution in [0.4, 0.5) is 0 Å². The van der Waals surface area contributed by atoms with Crippen LogP contribution in [-0.2, 0) is 0 Å². The van der Waals surface area contributed by atoms with Crippen LogP contribution in [0.1, 0.15) is 0 Å². The third-order valence-corrected chi connectivity index (χ3v) is 1.70. The quantitative estimate of drug-likeness (QED) is 0.690. The highest BCUT2D eigenvalue weighted by molar-refractivity contribution is 7.80. The summed E-state index contributed by atoms with van der Waals surface area (Å²) >= 11 is 4.07. The Hall–Kier alpha value is -1.03. The van der Waals surface area contributed by atoms with Crippen molar-refractivity contribution in [1.29, 1.82) is 0 Å². The molecule has 0 atom stereocenters. The maximum Gasteiger partial charge on any atom is 0.203 e. The Labute approximate surface area is 76.3 Å². The van der Waals surface area contributed by atoms with Gasteiger partial charge in [0.25, 0.3) is 0 Å². The maximum absolute atomic E-state index is 9.35. The molecule has 1 rings (SSSR count). The largest absolute Gasteiger partial charge is 0.504 e. The summed E-state index contributed by atoms with van der Waals surface area (Å²) < 4.78 is 9.88. The standard InChI is InChI=1S/C8H10O3S/c1-10-7-4-5(12)3-6(9)8(7)11-2/h3-4,9,12H,1-2H3. The Balaban J connectivity index is 3.24. The van der Waals surface area contributed by atoms with Crippen LogP contribution < -0.4 is 9.47 Å². The lowest BCUT2D eigenvalue weighted by Crippen LogP contribution is -1.90. The Morgan fingerprint density at radius 2 is 1.92 bits per heavy atom. The molecule has 1 aromatic rings. The molecule has 3 nitrogen and oxygen atoms in total. The first kappa shape index (κ1) is 9.06. The number of aromatic hydroxyl groups is 1. The number of benzene rings is 1. The zero-order valence-electron chi connectivity index (χ0n) is 6.87. The molecule has 0 aliphatic carbocycles. The van der Waals surface area contributed by atoms with Crippen molar-refractivity contribution in [3.05, 3.63) is 12.1 Å². The summed E-state index contributed by atoms with van der Waals surface area (Å²) in [5.41, 5.74) is 0. The molecule has 0 unspecified atom stereocenters. The number of thiol groups is 1. The van der Waals surface area contributed by atoms with Gasteiger partial charge in [0.05, 0.1) is 14.2 Å². The van der Waals surface area contributed by atoms with E-state index >= 15 is 0 Å². The summed E-state index contributed by atoms with van der Waals surface area (Å²) in [5, 5.41) is 9.35. The molecule has 0 radical (unpaired) electrons. The van der Waals surface area contributed by atoms with Gasteiger partial charge in [-0.3, -0.25) is 0 Å². The van der Waals surface area contributed by atoms with E-state index in [-0.39, 0.29) is 5.75 Å². The van der Waals surface area contributed by atoms with Crippen molar-refractivity contribution in [3.8, 4) is 17.2 Å². The van der Waals surface area contributed by atoms with Crippen molar-refractivity contribution in [2.24, 2.45) is 0 Å². The number of phenols is 1. The first-order chi connectivity index (χ1) is 5.69. The SMILES string of the molecule is COc1cc(S)cc(O)c1OC. The van der Waals surface area contributed by atoms with Gasteiger partial charge in [-0.15, -0.1) is 12.6 Å². The molecule has 0 spiro atoms. The zero-order valence-corrected chi connectivity index (χ0v) is 7.76. The number of phenolic OH excluding ortho intramolecular Hbond substituents is 1. The molecule has 0 saturated heterocycles. The van der Waals surface area contributed by atoms with E-state index in [0.29, 0.717) is 16.4 Å². The third-order valence-electron chi connectivity index (χ3n) is 1.44. The lowest BCUT2D eigenvalue weighted by molar-refractivity contribution is 0.332. The van der Waals surface area contributed by atoms with Crippen LogP contribution in [0.15, 0.2) is 17.0 Å². The fourth-order valence-electron chi connectivity index (χ4n) is 0.930. The van der Waals surface area contributed by atoms with Gasteiger partial charge in [-0.25, -0.2) is 0 Å². The van der Waals surface area contributed by atoms with E-state index in [9.17, 15) is 5.11 Å². The molecule has 0 aliphatic heterocycles. The Bertz CT molecular complexity index is 286. The molecule has 0 saturated carbocycles. The van der Waals surface area contributed by atoms with Crippen LogP contribution in [0.5, 0.6) is 17.2 Å². The van der Waals surface area contributed by atoms with E-state index in [1.165, 1.54) is 20.3 Å². The smallest absolute Gasteiger partial charge is 0.203 e. The first-order valence-electron chi connectivity index (χ1n) is 3.33. The lowest BCUT2D eigenvalue weighted by Gasteiger charge is -2.09. The number of ether oxygens (including phenoxy) is 2. The minimum absolute atomic E-state index is 0.0295. The van der Waals surface area contributed by atoms with Gasteiger partial charge < -0.3 is 14.6 Å². The summed E-state index contributed by atoms with van der Waals surface area (Å²) in [6, 6.07) is 3.16. The number of hydrogen-bond donors (Lipinski definition) is 2. The van der Waals surface area contributed by atoms with E-state index < -0.39 is 0 Å². The third kappa shape index (κ3) is 1.58. The normalized spacial score (nSPS) is 9.58. The van der Waals surface area contributed by atoms with Crippen LogP contribution in [-0.4, -0.2) is 19.3 Å². The van der Waals surface area contributed by atoms with Crippen molar-refractivity contribution >= 4 is 12.6 Å². The second-order valence-electron chi connectivity index (χ2n) is 2.20. The van der Waals surface area contributed by atoms with Gasteiger partial charge in [-0.1, -0.05) is 0 Å². The summed E-state index contributed by atoms with van der Waals surface area (Å²) in [6.07, 6.45) is 0. The highest BCUT2D eigenvalue weighted by atomic mass is 32.1. The molecule has 4 heteroatoms. The summed E-state index contributed by atoms with van der Waals surface area (Å²) in [7, 11) is 2.97. The van der Waals surface area contributed by atoms with Gasteiger partial charge in [-0.05, 0) is 12.1 Å². The van der Waals surface area contributed by atoms with E-state index in [4.69, 9.17) is 9.47 Å². The van der Waals surface area contributed by atoms with E-state index in [1.807, 2.05) is 0 Å². The molecule has 0 bridgehead atoms. The van der Waals surface area contributed by atoms with Gasteiger partial charge in [-0.2, -0.15) is 0 Å². The van der Waals surface area contributed by atoms with Crippen LogP contribution in [0.2, 0.25) is 0 Å². The van der Waals surface area contributed by atoms with Gasteiger partial charge in [0.2, 0.25) is 5.75 Å². The summed E-state index contributed by atoms with van der Waals surface area (Å²) in [6.45, 7) is 0. The molecule has 1 aromatic carbocycles. The van der Waals surface area contributed by atoms with E-state index in [1.54, 1.807) is 6.07 Å². The van der Waals surface area contributed by atoms with Crippen LogP contribution in [0, 0.1) is 0 Å². The molecule has 0 fully saturated rings. The maximum atomic E-state index is 9.35. The second kappa shape index (κ2) is 3.58. The highest BCUT2D eigenvalue weighted by Crippen LogP contribution is 2.38. The van der Waals surface area contributed by atoms with Crippen LogP contribution in [0.3, 0.4) is 0 Å². The number of rotatable bonds is 2. The molecule has 12 heavy (non-hydrogen) atoms. The van der Waals surface area contributed by atoms with Gasteiger partial charge in [0, 0.05) is 4.90 Å². The molecule has 1 N–H and O–H groups in total. The van der Waals surface area contributed by atoms with Gasteiger partial charge >= 0.3 is 0 Å². The van der Waals surface area contributed by atoms with Crippen LogP contribution >= 0.6 is 12.6 Å². The average molecular weight is 186 g/mol. The summed E-state index contributed by atoms with van der Waals surface area (Å²) in [4.78, 5) is 0.630. The van der Waals surface area contributed by atoms with Crippen LogP contribution in [0.25, 0.3) is 0 Å². The molecular formula is C8H10O3S. The minimum atomic E-state index is 0.0295. The van der Waals surface area contributed by atoms with Gasteiger partial charge in [0.1, 0.15) is 0 Å². The van der Waals surface area contributed by atoms with E-state index in [0.717, 1.165) is 0 Å². The molecule has 0 aromatic heterocycles. The molecule has 66 valence electrons. The summed E-state index contributed by atoms with van der Waals surface area (Å²) in [5.74, 6) is 0.833. The first-order valence-corrected chi connectivity index (χ1v) is 3.77. The molecule has 0 amide bonds. The van der Waals surface area contributed by atoms with Gasteiger partial charge in [0.15, 0.2) is 11.5 Å². The van der Waals surface area contributed by atoms with Crippen molar-refractivity contribution in [2.45, 2.75) is 4.90 Å².